The van der Waals surface area contributed by atoms with E-state index in [1.165, 1.54) is 0 Å². The predicted molar refractivity (Wildman–Crippen MR) is 98.5 cm³/mol. The molecule has 4 rings (SSSR count). The van der Waals surface area contributed by atoms with E-state index in [0.717, 1.165) is 38.4 Å². The second-order valence-electron chi connectivity index (χ2n) is 6.21. The summed E-state index contributed by atoms with van der Waals surface area (Å²) in [6.45, 7) is 4.96. The molecule has 0 aliphatic carbocycles. The van der Waals surface area contributed by atoms with Crippen molar-refractivity contribution in [2.45, 2.75) is 0 Å². The lowest BCUT2D eigenvalue weighted by Crippen LogP contribution is -2.39. The average molecular weight is 368 g/mol. The highest BCUT2D eigenvalue weighted by atomic mass is 16.7. The fraction of sp³-hybridized carbons (Fsp3) is 0.389. The predicted octanol–water partition coefficient (Wildman–Crippen LogP) is 1.07. The minimum atomic E-state index is 0.107. The molecular weight excluding hydrogens is 348 g/mol. The third-order valence-electron chi connectivity index (χ3n) is 4.51. The first kappa shape index (κ1) is 17.3. The molecular formula is C18H20N6O3. The van der Waals surface area contributed by atoms with Crippen molar-refractivity contribution in [3.05, 3.63) is 23.8 Å². The van der Waals surface area contributed by atoms with Gasteiger partial charge in [0.2, 0.25) is 12.7 Å². The lowest BCUT2D eigenvalue weighted by molar-refractivity contribution is 0.0398. The van der Waals surface area contributed by atoms with Crippen LogP contribution in [-0.2, 0) is 4.74 Å². The molecule has 9 nitrogen and oxygen atoms in total. The van der Waals surface area contributed by atoms with E-state index in [4.69, 9.17) is 19.9 Å². The van der Waals surface area contributed by atoms with Crippen LogP contribution in [0.1, 0.15) is 5.56 Å². The molecule has 140 valence electrons. The molecule has 0 amide bonds. The largest absolute Gasteiger partial charge is 0.454 e. The Labute approximate surface area is 156 Å². The van der Waals surface area contributed by atoms with Crippen molar-refractivity contribution in [2.75, 3.05) is 57.2 Å². The normalized spacial score (nSPS) is 16.1. The topological polar surface area (TPSA) is 119 Å². The number of anilines is 2. The Balaban J connectivity index is 1.56. The molecule has 1 fully saturated rings. The van der Waals surface area contributed by atoms with Gasteiger partial charge in [0.15, 0.2) is 11.5 Å². The fourth-order valence-corrected chi connectivity index (χ4v) is 3.12. The van der Waals surface area contributed by atoms with E-state index < -0.39 is 0 Å². The number of rotatable bonds is 5. The summed E-state index contributed by atoms with van der Waals surface area (Å²) in [7, 11) is 0. The summed E-state index contributed by atoms with van der Waals surface area (Å²) in [5, 5.41) is 12.9. The Hall–Kier alpha value is -3.09. The molecule has 1 saturated heterocycles. The number of fused-ring (bicyclic) bond motifs is 1. The Morgan fingerprint density at radius 2 is 2.00 bits per heavy atom. The number of nitriles is 1. The summed E-state index contributed by atoms with van der Waals surface area (Å²) < 4.78 is 16.1. The van der Waals surface area contributed by atoms with E-state index in [2.05, 4.69) is 26.3 Å². The molecule has 0 atom stereocenters. The van der Waals surface area contributed by atoms with E-state index in [1.54, 1.807) is 12.1 Å². The minimum Gasteiger partial charge on any atom is -0.454 e. The smallest absolute Gasteiger partial charge is 0.231 e. The van der Waals surface area contributed by atoms with Crippen molar-refractivity contribution in [2.24, 2.45) is 0 Å². The van der Waals surface area contributed by atoms with E-state index in [0.29, 0.717) is 35.1 Å². The second kappa shape index (κ2) is 7.65. The number of hydrogen-bond donors (Lipinski definition) is 2. The van der Waals surface area contributed by atoms with Gasteiger partial charge in [0.05, 0.1) is 18.9 Å². The second-order valence-corrected chi connectivity index (χ2v) is 6.21. The van der Waals surface area contributed by atoms with Gasteiger partial charge in [0, 0.05) is 31.7 Å². The van der Waals surface area contributed by atoms with Gasteiger partial charge in [-0.3, -0.25) is 4.90 Å². The zero-order chi connectivity index (χ0) is 18.6. The van der Waals surface area contributed by atoms with E-state index in [-0.39, 0.29) is 12.7 Å². The number of aromatic nitrogens is 2. The first-order valence-electron chi connectivity index (χ1n) is 8.76. The monoisotopic (exact) mass is 368 g/mol. The van der Waals surface area contributed by atoms with Crippen molar-refractivity contribution in [3.8, 4) is 28.8 Å². The molecule has 2 aromatic rings. The van der Waals surface area contributed by atoms with Crippen LogP contribution in [0.2, 0.25) is 0 Å². The molecule has 0 saturated carbocycles. The number of ether oxygens (including phenoxy) is 3. The molecule has 9 heteroatoms. The number of nitrogens with two attached hydrogens (primary N) is 1. The number of morpholine rings is 1. The molecule has 0 radical (unpaired) electrons. The number of hydrogen-bond acceptors (Lipinski definition) is 9. The van der Waals surface area contributed by atoms with Crippen molar-refractivity contribution in [1.82, 2.24) is 14.9 Å². The molecule has 2 aliphatic heterocycles. The molecule has 27 heavy (non-hydrogen) atoms. The number of benzene rings is 1. The lowest BCUT2D eigenvalue weighted by Gasteiger charge is -2.26. The molecule has 0 unspecified atom stereocenters. The quantitative estimate of drug-likeness (QED) is 0.798. The summed E-state index contributed by atoms with van der Waals surface area (Å²) in [6.07, 6.45) is 0. The molecule has 0 spiro atoms. The zero-order valence-electron chi connectivity index (χ0n) is 14.8. The summed E-state index contributed by atoms with van der Waals surface area (Å²) in [6, 6.07) is 7.61. The maximum Gasteiger partial charge on any atom is 0.231 e. The standard InChI is InChI=1S/C18H20N6O3/c19-10-13-16(12-1-2-14-15(9-12)27-11-26-14)22-18(20)23-17(13)21-3-4-24-5-7-25-8-6-24/h1-2,9H,3-8,11H2,(H3,20,21,22,23). The van der Waals surface area contributed by atoms with Gasteiger partial charge >= 0.3 is 0 Å². The zero-order valence-corrected chi connectivity index (χ0v) is 14.8. The van der Waals surface area contributed by atoms with Crippen LogP contribution < -0.4 is 20.5 Å². The van der Waals surface area contributed by atoms with E-state index >= 15 is 0 Å². The van der Waals surface area contributed by atoms with Gasteiger partial charge in [-0.25, -0.2) is 4.98 Å². The van der Waals surface area contributed by atoms with Gasteiger partial charge in [-0.2, -0.15) is 10.2 Å². The van der Waals surface area contributed by atoms with Crippen LogP contribution in [0, 0.1) is 11.3 Å². The van der Waals surface area contributed by atoms with Crippen LogP contribution in [0.5, 0.6) is 11.5 Å². The van der Waals surface area contributed by atoms with Crippen LogP contribution in [0.25, 0.3) is 11.3 Å². The van der Waals surface area contributed by atoms with Crippen LogP contribution in [0.15, 0.2) is 18.2 Å². The molecule has 1 aromatic heterocycles. The number of nitrogen functional groups attached to an aromatic ring is 1. The van der Waals surface area contributed by atoms with Crippen molar-refractivity contribution in [3.63, 3.8) is 0 Å². The fourth-order valence-electron chi connectivity index (χ4n) is 3.12. The maximum atomic E-state index is 9.70. The molecule has 0 bridgehead atoms. The van der Waals surface area contributed by atoms with Crippen molar-refractivity contribution in [1.29, 1.82) is 5.26 Å². The van der Waals surface area contributed by atoms with E-state index in [9.17, 15) is 5.26 Å². The molecule has 1 aromatic carbocycles. The highest BCUT2D eigenvalue weighted by Gasteiger charge is 2.19. The average Bonchev–Trinajstić information content (AvgIpc) is 3.16. The minimum absolute atomic E-state index is 0.107. The molecule has 2 aliphatic rings. The van der Waals surface area contributed by atoms with Gasteiger partial charge in [-0.1, -0.05) is 0 Å². The first-order valence-corrected chi connectivity index (χ1v) is 8.76. The summed E-state index contributed by atoms with van der Waals surface area (Å²) in [5.41, 5.74) is 7.44. The lowest BCUT2D eigenvalue weighted by atomic mass is 10.1. The Morgan fingerprint density at radius 1 is 1.19 bits per heavy atom. The van der Waals surface area contributed by atoms with Gasteiger partial charge < -0.3 is 25.3 Å². The van der Waals surface area contributed by atoms with Gasteiger partial charge in [-0.05, 0) is 18.2 Å². The molecule has 3 N–H and O–H groups in total. The third kappa shape index (κ3) is 3.72. The molecule has 3 heterocycles. The first-order chi connectivity index (χ1) is 13.2. The Morgan fingerprint density at radius 3 is 2.81 bits per heavy atom. The summed E-state index contributed by atoms with van der Waals surface area (Å²) in [4.78, 5) is 10.8. The van der Waals surface area contributed by atoms with Gasteiger partial charge in [-0.15, -0.1) is 0 Å². The van der Waals surface area contributed by atoms with Crippen LogP contribution in [0.4, 0.5) is 11.8 Å². The van der Waals surface area contributed by atoms with Gasteiger partial charge in [0.1, 0.15) is 17.5 Å². The summed E-state index contributed by atoms with van der Waals surface area (Å²) >= 11 is 0. The van der Waals surface area contributed by atoms with Crippen molar-refractivity contribution >= 4 is 11.8 Å². The maximum absolute atomic E-state index is 9.70. The Bertz CT molecular complexity index is 876. The van der Waals surface area contributed by atoms with Crippen LogP contribution in [-0.4, -0.2) is 61.1 Å². The highest BCUT2D eigenvalue weighted by Crippen LogP contribution is 2.37. The van der Waals surface area contributed by atoms with E-state index in [1.807, 2.05) is 6.07 Å². The highest BCUT2D eigenvalue weighted by molar-refractivity contribution is 5.75. The van der Waals surface area contributed by atoms with Crippen molar-refractivity contribution < 1.29 is 14.2 Å². The summed E-state index contributed by atoms with van der Waals surface area (Å²) in [5.74, 6) is 1.83. The number of nitrogens with one attached hydrogen (secondary N) is 1. The third-order valence-corrected chi connectivity index (χ3v) is 4.51. The van der Waals surface area contributed by atoms with Gasteiger partial charge in [0.25, 0.3) is 0 Å². The van der Waals surface area contributed by atoms with Crippen LogP contribution in [0.3, 0.4) is 0 Å². The number of nitrogens with zero attached hydrogens (tertiary/aromatic N) is 4. The SMILES string of the molecule is N#Cc1c(NCCN2CCOCC2)nc(N)nc1-c1ccc2c(c1)OCO2. The van der Waals surface area contributed by atoms with Crippen LogP contribution >= 0.6 is 0 Å². The Kier molecular flexibility index (Phi) is 4.91.